The third-order valence-corrected chi connectivity index (χ3v) is 3.47. The number of rotatable bonds is 2. The molecule has 0 N–H and O–H groups in total. The van der Waals surface area contributed by atoms with Gasteiger partial charge in [0.25, 0.3) is 0 Å². The van der Waals surface area contributed by atoms with E-state index in [1.54, 1.807) is 35.7 Å². The molecule has 0 aliphatic heterocycles. The molecular formula is C16H13IN6. The van der Waals surface area contributed by atoms with Crippen LogP contribution in [0.3, 0.4) is 0 Å². The maximum Gasteiger partial charge on any atom is 0.0676 e. The molecule has 0 amide bonds. The van der Waals surface area contributed by atoms with Gasteiger partial charge >= 0.3 is 0 Å². The van der Waals surface area contributed by atoms with Crippen LogP contribution in [0.4, 0.5) is 0 Å². The number of hydrogen-bond acceptors (Lipinski definition) is 4. The number of halogens is 1. The van der Waals surface area contributed by atoms with Crippen molar-refractivity contribution < 1.29 is 0 Å². The van der Waals surface area contributed by atoms with Crippen molar-refractivity contribution in [2.24, 2.45) is 0 Å². The van der Waals surface area contributed by atoms with Crippen molar-refractivity contribution >= 4 is 22.6 Å². The highest BCUT2D eigenvalue weighted by Crippen LogP contribution is 2.07. The second-order valence-corrected chi connectivity index (χ2v) is 5.71. The van der Waals surface area contributed by atoms with Crippen molar-refractivity contribution in [2.45, 2.75) is 0 Å². The molecule has 0 aliphatic rings. The summed E-state index contributed by atoms with van der Waals surface area (Å²) in [4.78, 5) is 7.85. The molecule has 0 radical (unpaired) electrons. The minimum Gasteiger partial charge on any atom is -0.265 e. The minimum absolute atomic E-state index is 1.03. The highest BCUT2D eigenvalue weighted by molar-refractivity contribution is 14.1. The summed E-state index contributed by atoms with van der Waals surface area (Å²) in [6.07, 6.45) is 14.4. The van der Waals surface area contributed by atoms with Gasteiger partial charge in [-0.3, -0.25) is 9.97 Å². The monoisotopic (exact) mass is 416 g/mol. The summed E-state index contributed by atoms with van der Waals surface area (Å²) in [5.41, 5.74) is 2.07. The molecule has 114 valence electrons. The third kappa shape index (κ3) is 4.22. The lowest BCUT2D eigenvalue weighted by Crippen LogP contribution is -1.93. The molecule has 0 bridgehead atoms. The fourth-order valence-electron chi connectivity index (χ4n) is 1.86. The van der Waals surface area contributed by atoms with Gasteiger partial charge in [-0.05, 0) is 52.9 Å². The van der Waals surface area contributed by atoms with E-state index in [1.165, 1.54) is 0 Å². The zero-order valence-electron chi connectivity index (χ0n) is 12.1. The largest absolute Gasteiger partial charge is 0.265 e. The lowest BCUT2D eigenvalue weighted by Gasteiger charge is -1.97. The maximum atomic E-state index is 4.17. The molecule has 0 fully saturated rings. The molecule has 4 aromatic rings. The van der Waals surface area contributed by atoms with Crippen molar-refractivity contribution in [1.82, 2.24) is 29.5 Å². The highest BCUT2D eigenvalue weighted by Gasteiger charge is 1.96. The van der Waals surface area contributed by atoms with E-state index in [1.807, 2.05) is 53.6 Å². The third-order valence-electron chi connectivity index (χ3n) is 2.91. The maximum absolute atomic E-state index is 4.17. The van der Waals surface area contributed by atoms with Crippen LogP contribution < -0.4 is 0 Å². The molecule has 0 spiro atoms. The van der Waals surface area contributed by atoms with Crippen LogP contribution in [0.1, 0.15) is 0 Å². The van der Waals surface area contributed by atoms with Gasteiger partial charge in [0.1, 0.15) is 0 Å². The summed E-state index contributed by atoms with van der Waals surface area (Å²) in [6.45, 7) is 0. The fourth-order valence-corrected chi connectivity index (χ4v) is 2.25. The Kier molecular flexibility index (Phi) is 5.09. The van der Waals surface area contributed by atoms with Crippen molar-refractivity contribution in [1.29, 1.82) is 0 Å². The molecular weight excluding hydrogens is 403 g/mol. The van der Waals surface area contributed by atoms with Gasteiger partial charge in [-0.15, -0.1) is 0 Å². The van der Waals surface area contributed by atoms with E-state index < -0.39 is 0 Å². The first-order valence-corrected chi connectivity index (χ1v) is 7.91. The molecule has 23 heavy (non-hydrogen) atoms. The standard InChI is InChI=1S/C8H6IN3.C8H7N3/c9-7-5-11-12(6-7)8-1-3-10-4-2-8;1-4-10-11(7-1)8-2-5-9-6-3-8/h1-6H;1-7H. The van der Waals surface area contributed by atoms with E-state index in [9.17, 15) is 0 Å². The summed E-state index contributed by atoms with van der Waals surface area (Å²) in [7, 11) is 0. The Bertz CT molecular complexity index is 827. The molecule has 0 unspecified atom stereocenters. The summed E-state index contributed by atoms with van der Waals surface area (Å²) < 4.78 is 4.75. The Balaban J connectivity index is 0.000000136. The molecule has 7 heteroatoms. The zero-order chi connectivity index (χ0) is 15.9. The van der Waals surface area contributed by atoms with Crippen LogP contribution in [0, 0.1) is 3.57 Å². The Labute approximate surface area is 147 Å². The van der Waals surface area contributed by atoms with E-state index in [0.717, 1.165) is 14.9 Å². The van der Waals surface area contributed by atoms with E-state index in [4.69, 9.17) is 0 Å². The number of nitrogens with zero attached hydrogens (tertiary/aromatic N) is 6. The fraction of sp³-hybridized carbons (Fsp3) is 0. The summed E-state index contributed by atoms with van der Waals surface area (Å²) in [5, 5.41) is 8.24. The van der Waals surface area contributed by atoms with Gasteiger partial charge < -0.3 is 0 Å². The van der Waals surface area contributed by atoms with Gasteiger partial charge in [0.15, 0.2) is 0 Å². The Morgan fingerprint density at radius 2 is 1.35 bits per heavy atom. The first kappa shape index (κ1) is 15.3. The lowest BCUT2D eigenvalue weighted by molar-refractivity contribution is 0.877. The van der Waals surface area contributed by atoms with Crippen LogP contribution in [-0.2, 0) is 0 Å². The normalized spacial score (nSPS) is 9.96. The summed E-state index contributed by atoms with van der Waals surface area (Å²) >= 11 is 2.23. The van der Waals surface area contributed by atoms with E-state index in [-0.39, 0.29) is 0 Å². The van der Waals surface area contributed by atoms with Crippen LogP contribution in [0.2, 0.25) is 0 Å². The topological polar surface area (TPSA) is 61.4 Å². The minimum atomic E-state index is 1.03. The van der Waals surface area contributed by atoms with Crippen molar-refractivity contribution in [3.8, 4) is 11.4 Å². The van der Waals surface area contributed by atoms with Crippen molar-refractivity contribution in [2.75, 3.05) is 0 Å². The molecule has 0 aromatic carbocycles. The van der Waals surface area contributed by atoms with Crippen molar-refractivity contribution in [3.05, 3.63) is 83.5 Å². The molecule has 6 nitrogen and oxygen atoms in total. The summed E-state index contributed by atoms with van der Waals surface area (Å²) in [6, 6.07) is 9.55. The van der Waals surface area contributed by atoms with Crippen LogP contribution >= 0.6 is 22.6 Å². The van der Waals surface area contributed by atoms with Crippen LogP contribution in [0.25, 0.3) is 11.4 Å². The Morgan fingerprint density at radius 1 is 0.739 bits per heavy atom. The summed E-state index contributed by atoms with van der Waals surface area (Å²) in [5.74, 6) is 0. The average Bonchev–Trinajstić information content (AvgIpc) is 3.29. The SMILES string of the molecule is Ic1cnn(-c2ccncc2)c1.c1cnn(-c2ccncc2)c1. The zero-order valence-corrected chi connectivity index (χ0v) is 14.2. The van der Waals surface area contributed by atoms with Gasteiger partial charge in [0.2, 0.25) is 0 Å². The molecule has 4 heterocycles. The van der Waals surface area contributed by atoms with E-state index in [0.29, 0.717) is 0 Å². The van der Waals surface area contributed by atoms with Gasteiger partial charge in [-0.25, -0.2) is 9.36 Å². The molecule has 0 saturated heterocycles. The van der Waals surface area contributed by atoms with Crippen LogP contribution in [-0.4, -0.2) is 29.5 Å². The number of pyridine rings is 2. The molecule has 4 rings (SSSR count). The highest BCUT2D eigenvalue weighted by atomic mass is 127. The second-order valence-electron chi connectivity index (χ2n) is 4.46. The second kappa shape index (κ2) is 7.63. The van der Waals surface area contributed by atoms with Gasteiger partial charge in [0.05, 0.1) is 21.1 Å². The van der Waals surface area contributed by atoms with Gasteiger partial charge in [-0.2, -0.15) is 10.2 Å². The molecule has 0 saturated carbocycles. The van der Waals surface area contributed by atoms with Gasteiger partial charge in [-0.1, -0.05) is 0 Å². The smallest absolute Gasteiger partial charge is 0.0676 e. The number of aromatic nitrogens is 6. The van der Waals surface area contributed by atoms with Crippen molar-refractivity contribution in [3.63, 3.8) is 0 Å². The van der Waals surface area contributed by atoms with Gasteiger partial charge in [0, 0.05) is 43.4 Å². The first-order chi connectivity index (χ1) is 11.3. The Hall–Kier alpha value is -2.55. The number of hydrogen-bond donors (Lipinski definition) is 0. The quantitative estimate of drug-likeness (QED) is 0.471. The molecule has 0 aliphatic carbocycles. The predicted molar refractivity (Wildman–Crippen MR) is 95.4 cm³/mol. The first-order valence-electron chi connectivity index (χ1n) is 6.83. The van der Waals surface area contributed by atoms with Crippen LogP contribution in [0.15, 0.2) is 79.9 Å². The average molecular weight is 416 g/mol. The Morgan fingerprint density at radius 3 is 1.83 bits per heavy atom. The predicted octanol–water partition coefficient (Wildman–Crippen LogP) is 3.14. The molecule has 0 atom stereocenters. The van der Waals surface area contributed by atoms with E-state index >= 15 is 0 Å². The molecule has 4 aromatic heterocycles. The van der Waals surface area contributed by atoms with E-state index in [2.05, 4.69) is 42.8 Å². The van der Waals surface area contributed by atoms with Crippen LogP contribution in [0.5, 0.6) is 0 Å². The lowest BCUT2D eigenvalue weighted by atomic mass is 10.4.